The summed E-state index contributed by atoms with van der Waals surface area (Å²) in [5.74, 6) is 0. The summed E-state index contributed by atoms with van der Waals surface area (Å²) in [7, 11) is 2.00. The van der Waals surface area contributed by atoms with Gasteiger partial charge in [0.15, 0.2) is 0 Å². The van der Waals surface area contributed by atoms with Gasteiger partial charge in [0.1, 0.15) is 0 Å². The van der Waals surface area contributed by atoms with Crippen molar-refractivity contribution in [3.05, 3.63) is 35.7 Å². The van der Waals surface area contributed by atoms with Gasteiger partial charge in [-0.3, -0.25) is 4.68 Å². The van der Waals surface area contributed by atoms with E-state index in [1.165, 1.54) is 40.9 Å². The molecule has 3 rings (SSSR count). The molecule has 0 fully saturated rings. The molecule has 3 heteroatoms. The first-order valence-corrected chi connectivity index (χ1v) is 7.17. The molecule has 0 amide bonds. The lowest BCUT2D eigenvalue weighted by Crippen LogP contribution is -2.11. The zero-order chi connectivity index (χ0) is 13.2. The maximum absolute atomic E-state index is 4.59. The Bertz CT molecular complexity index is 584. The minimum Gasteiger partial charge on any atom is -0.385 e. The number of hydrogen-bond donors (Lipinski definition) is 1. The molecule has 0 saturated heterocycles. The molecule has 1 aromatic carbocycles. The van der Waals surface area contributed by atoms with Crippen molar-refractivity contribution in [3.63, 3.8) is 0 Å². The van der Waals surface area contributed by atoms with Crippen molar-refractivity contribution in [1.82, 2.24) is 9.78 Å². The summed E-state index contributed by atoms with van der Waals surface area (Å²) in [6, 6.07) is 6.76. The number of nitrogens with one attached hydrogen (secondary N) is 1. The smallest absolute Gasteiger partial charge is 0.0702 e. The lowest BCUT2D eigenvalue weighted by molar-refractivity contribution is 0.733. The number of nitrogens with zero attached hydrogens (tertiary/aromatic N) is 2. The van der Waals surface area contributed by atoms with E-state index in [-0.39, 0.29) is 0 Å². The maximum Gasteiger partial charge on any atom is 0.0702 e. The van der Waals surface area contributed by atoms with Crippen LogP contribution in [-0.2, 0) is 19.9 Å². The molecule has 1 aliphatic heterocycles. The van der Waals surface area contributed by atoms with Crippen molar-refractivity contribution in [2.75, 3.05) is 11.9 Å². The molecule has 19 heavy (non-hydrogen) atoms. The molecule has 1 aromatic heterocycles. The van der Waals surface area contributed by atoms with Gasteiger partial charge in [0, 0.05) is 31.0 Å². The molecule has 1 aliphatic rings. The molecule has 2 heterocycles. The van der Waals surface area contributed by atoms with Gasteiger partial charge in [0.2, 0.25) is 0 Å². The molecule has 0 unspecified atom stereocenters. The largest absolute Gasteiger partial charge is 0.385 e. The van der Waals surface area contributed by atoms with Crippen molar-refractivity contribution >= 4 is 5.69 Å². The van der Waals surface area contributed by atoms with Gasteiger partial charge in [-0.25, -0.2) is 0 Å². The average molecular weight is 255 g/mol. The molecule has 0 aliphatic carbocycles. The first-order chi connectivity index (χ1) is 9.28. The summed E-state index contributed by atoms with van der Waals surface area (Å²) in [5, 5.41) is 8.06. The van der Waals surface area contributed by atoms with Gasteiger partial charge in [0.05, 0.1) is 5.69 Å². The molecule has 2 aromatic rings. The van der Waals surface area contributed by atoms with Gasteiger partial charge in [-0.15, -0.1) is 0 Å². The van der Waals surface area contributed by atoms with E-state index in [0.29, 0.717) is 0 Å². The highest BCUT2D eigenvalue weighted by molar-refractivity contribution is 5.70. The average Bonchev–Trinajstić information content (AvgIpc) is 2.80. The molecule has 0 spiro atoms. The second-order valence-corrected chi connectivity index (χ2v) is 5.32. The third-order valence-corrected chi connectivity index (χ3v) is 3.75. The van der Waals surface area contributed by atoms with Crippen LogP contribution in [-0.4, -0.2) is 16.3 Å². The number of rotatable bonds is 3. The second kappa shape index (κ2) is 5.08. The third kappa shape index (κ3) is 2.37. The van der Waals surface area contributed by atoms with E-state index in [9.17, 15) is 0 Å². The number of hydrogen-bond acceptors (Lipinski definition) is 2. The predicted octanol–water partition coefficient (Wildman–Crippen LogP) is 3.40. The predicted molar refractivity (Wildman–Crippen MR) is 79.4 cm³/mol. The van der Waals surface area contributed by atoms with Gasteiger partial charge in [-0.1, -0.05) is 19.4 Å². The van der Waals surface area contributed by atoms with Gasteiger partial charge in [-0.2, -0.15) is 5.10 Å². The van der Waals surface area contributed by atoms with Crippen LogP contribution in [0.4, 0.5) is 5.69 Å². The summed E-state index contributed by atoms with van der Waals surface area (Å²) >= 11 is 0. The van der Waals surface area contributed by atoms with E-state index in [1.807, 2.05) is 11.7 Å². The van der Waals surface area contributed by atoms with Gasteiger partial charge < -0.3 is 5.32 Å². The van der Waals surface area contributed by atoms with Crippen LogP contribution in [0.25, 0.3) is 11.1 Å². The molecule has 3 nitrogen and oxygen atoms in total. The van der Waals surface area contributed by atoms with Crippen molar-refractivity contribution in [3.8, 4) is 11.1 Å². The Morgan fingerprint density at radius 3 is 3.11 bits per heavy atom. The molecule has 0 atom stereocenters. The van der Waals surface area contributed by atoms with Crippen LogP contribution < -0.4 is 5.32 Å². The Kier molecular flexibility index (Phi) is 3.28. The molecule has 100 valence electrons. The van der Waals surface area contributed by atoms with Crippen LogP contribution in [0.15, 0.2) is 24.4 Å². The quantitative estimate of drug-likeness (QED) is 0.911. The SMILES string of the molecule is CCCc1nn(C)cc1-c1ccc2c(c1)CCCN2. The van der Waals surface area contributed by atoms with Crippen LogP contribution in [0, 0.1) is 0 Å². The molecular formula is C16H21N3. The third-order valence-electron chi connectivity index (χ3n) is 3.75. The van der Waals surface area contributed by atoms with Crippen LogP contribution in [0.2, 0.25) is 0 Å². The standard InChI is InChI=1S/C16H21N3/c1-3-5-16-14(11-19(2)18-16)12-7-8-15-13(10-12)6-4-9-17-15/h7-8,10-11,17H,3-6,9H2,1-2H3. The van der Waals surface area contributed by atoms with Crippen molar-refractivity contribution in [1.29, 1.82) is 0 Å². The van der Waals surface area contributed by atoms with E-state index in [0.717, 1.165) is 19.4 Å². The summed E-state index contributed by atoms with van der Waals surface area (Å²) in [4.78, 5) is 0. The zero-order valence-corrected chi connectivity index (χ0v) is 11.7. The van der Waals surface area contributed by atoms with E-state index in [4.69, 9.17) is 0 Å². The fraction of sp³-hybridized carbons (Fsp3) is 0.438. The van der Waals surface area contributed by atoms with Crippen LogP contribution in [0.1, 0.15) is 31.0 Å². The minimum absolute atomic E-state index is 1.05. The number of aromatic nitrogens is 2. The summed E-state index contributed by atoms with van der Waals surface area (Å²) < 4.78 is 1.93. The fourth-order valence-electron chi connectivity index (χ4n) is 2.84. The van der Waals surface area contributed by atoms with Crippen LogP contribution >= 0.6 is 0 Å². The van der Waals surface area contributed by atoms with Crippen molar-refractivity contribution in [2.24, 2.45) is 7.05 Å². The molecule has 1 N–H and O–H groups in total. The first-order valence-electron chi connectivity index (χ1n) is 7.17. The summed E-state index contributed by atoms with van der Waals surface area (Å²) in [6.45, 7) is 3.30. The van der Waals surface area contributed by atoms with Crippen LogP contribution in [0.5, 0.6) is 0 Å². The molecule has 0 saturated carbocycles. The monoisotopic (exact) mass is 255 g/mol. The normalized spacial score (nSPS) is 14.0. The highest BCUT2D eigenvalue weighted by Crippen LogP contribution is 2.30. The molecule has 0 bridgehead atoms. The lowest BCUT2D eigenvalue weighted by Gasteiger charge is -2.18. The lowest BCUT2D eigenvalue weighted by atomic mass is 9.97. The van der Waals surface area contributed by atoms with Crippen molar-refractivity contribution in [2.45, 2.75) is 32.6 Å². The molecular weight excluding hydrogens is 234 g/mol. The number of benzene rings is 1. The van der Waals surface area contributed by atoms with Crippen LogP contribution in [0.3, 0.4) is 0 Å². The minimum atomic E-state index is 1.05. The Balaban J connectivity index is 2.01. The zero-order valence-electron chi connectivity index (χ0n) is 11.7. The summed E-state index contributed by atoms with van der Waals surface area (Å²) in [6.07, 6.45) is 6.73. The second-order valence-electron chi connectivity index (χ2n) is 5.32. The molecule has 0 radical (unpaired) electrons. The fourth-order valence-corrected chi connectivity index (χ4v) is 2.84. The van der Waals surface area contributed by atoms with E-state index >= 15 is 0 Å². The van der Waals surface area contributed by atoms with E-state index < -0.39 is 0 Å². The van der Waals surface area contributed by atoms with Crippen molar-refractivity contribution < 1.29 is 0 Å². The Labute approximate surface area is 114 Å². The Morgan fingerprint density at radius 1 is 1.37 bits per heavy atom. The maximum atomic E-state index is 4.59. The van der Waals surface area contributed by atoms with Gasteiger partial charge in [-0.05, 0) is 42.5 Å². The highest BCUT2D eigenvalue weighted by atomic mass is 15.2. The Hall–Kier alpha value is -1.77. The van der Waals surface area contributed by atoms with Gasteiger partial charge >= 0.3 is 0 Å². The number of anilines is 1. The number of fused-ring (bicyclic) bond motifs is 1. The van der Waals surface area contributed by atoms with Gasteiger partial charge in [0.25, 0.3) is 0 Å². The Morgan fingerprint density at radius 2 is 2.26 bits per heavy atom. The number of aryl methyl sites for hydroxylation is 3. The first kappa shape index (κ1) is 12.3. The highest BCUT2D eigenvalue weighted by Gasteiger charge is 2.13. The van der Waals surface area contributed by atoms with E-state index in [2.05, 4.69) is 41.7 Å². The topological polar surface area (TPSA) is 29.9 Å². The van der Waals surface area contributed by atoms with E-state index in [1.54, 1.807) is 0 Å². The summed E-state index contributed by atoms with van der Waals surface area (Å²) in [5.41, 5.74) is 6.55.